The minimum Gasteiger partial charge on any atom is -0.356 e. The van der Waals surface area contributed by atoms with E-state index in [0.29, 0.717) is 23.1 Å². The predicted molar refractivity (Wildman–Crippen MR) is 90.0 cm³/mol. The minimum absolute atomic E-state index is 0.0819. The number of hydrogen-bond donors (Lipinski definition) is 3. The van der Waals surface area contributed by atoms with E-state index in [0.717, 1.165) is 4.47 Å². The number of carbonyl (C=O) groups excluding carboxylic acids is 2. The molecule has 0 aliphatic heterocycles. The molecule has 0 fully saturated rings. The first kappa shape index (κ1) is 16.8. The minimum atomic E-state index is -0.450. The number of pyridine rings is 1. The van der Waals surface area contributed by atoms with Crippen molar-refractivity contribution in [1.29, 1.82) is 0 Å². The molecule has 10 heteroatoms. The molecule has 0 atom stereocenters. The van der Waals surface area contributed by atoms with E-state index < -0.39 is 5.91 Å². The topological polar surface area (TPSA) is 126 Å². The van der Waals surface area contributed by atoms with Crippen molar-refractivity contribution in [2.45, 2.75) is 12.8 Å². The number of amides is 2. The maximum Gasteiger partial charge on any atom is 0.286 e. The largest absolute Gasteiger partial charge is 0.356 e. The molecule has 3 rings (SSSR count). The van der Waals surface area contributed by atoms with Gasteiger partial charge in [0.05, 0.1) is 0 Å². The summed E-state index contributed by atoms with van der Waals surface area (Å²) in [7, 11) is 0. The molecule has 2 amide bonds. The van der Waals surface area contributed by atoms with Gasteiger partial charge >= 0.3 is 0 Å². The zero-order valence-corrected chi connectivity index (χ0v) is 14.4. The van der Waals surface area contributed by atoms with Crippen molar-refractivity contribution in [2.24, 2.45) is 0 Å². The van der Waals surface area contributed by atoms with Gasteiger partial charge in [-0.15, -0.1) is 0 Å². The van der Waals surface area contributed by atoms with Crippen LogP contribution in [0.15, 0.2) is 45.7 Å². The van der Waals surface area contributed by atoms with Gasteiger partial charge in [0.15, 0.2) is 0 Å². The number of aryl methyl sites for hydroxylation is 1. The zero-order chi connectivity index (χ0) is 17.6. The molecule has 0 unspecified atom stereocenters. The number of nitrogens with one attached hydrogen (secondary N) is 3. The molecule has 3 aromatic heterocycles. The summed E-state index contributed by atoms with van der Waals surface area (Å²) >= 11 is 3.22. The van der Waals surface area contributed by atoms with Crippen LogP contribution in [0.5, 0.6) is 0 Å². The third-order valence-electron chi connectivity index (χ3n) is 3.14. The molecule has 0 aromatic carbocycles. The maximum atomic E-state index is 11.8. The molecule has 0 aliphatic rings. The lowest BCUT2D eigenvalue weighted by Gasteiger charge is -2.05. The van der Waals surface area contributed by atoms with E-state index in [1.54, 1.807) is 30.6 Å². The molecule has 0 radical (unpaired) electrons. The first-order valence-electron chi connectivity index (χ1n) is 7.29. The summed E-state index contributed by atoms with van der Waals surface area (Å²) < 4.78 is 5.83. The first-order chi connectivity index (χ1) is 12.1. The highest BCUT2D eigenvalue weighted by molar-refractivity contribution is 9.10. The van der Waals surface area contributed by atoms with Crippen LogP contribution in [0.25, 0.3) is 11.5 Å². The Morgan fingerprint density at radius 1 is 1.28 bits per heavy atom. The number of hydrogen-bond acceptors (Lipinski definition) is 6. The Balaban J connectivity index is 1.46. The van der Waals surface area contributed by atoms with Gasteiger partial charge in [0.25, 0.3) is 5.91 Å². The van der Waals surface area contributed by atoms with Gasteiger partial charge in [-0.05, 0) is 34.1 Å². The van der Waals surface area contributed by atoms with Gasteiger partial charge in [-0.1, -0.05) is 11.2 Å². The SMILES string of the molecule is O=C(CCc1nc(-c2ccccn2)no1)NNC(=O)c1cc(Br)c[nH]1. The number of nitrogens with zero attached hydrogens (tertiary/aromatic N) is 3. The summed E-state index contributed by atoms with van der Waals surface area (Å²) in [4.78, 5) is 34.6. The molecule has 25 heavy (non-hydrogen) atoms. The second-order valence-corrected chi connectivity index (χ2v) is 5.88. The van der Waals surface area contributed by atoms with Crippen LogP contribution < -0.4 is 10.9 Å². The molecule has 0 spiro atoms. The van der Waals surface area contributed by atoms with Gasteiger partial charge in [0.1, 0.15) is 11.4 Å². The fourth-order valence-electron chi connectivity index (χ4n) is 1.93. The van der Waals surface area contributed by atoms with Gasteiger partial charge < -0.3 is 9.51 Å². The van der Waals surface area contributed by atoms with Gasteiger partial charge in [-0.2, -0.15) is 4.98 Å². The van der Waals surface area contributed by atoms with Gasteiger partial charge in [-0.25, -0.2) is 0 Å². The summed E-state index contributed by atoms with van der Waals surface area (Å²) in [5, 5.41) is 3.82. The Labute approximate surface area is 150 Å². The lowest BCUT2D eigenvalue weighted by molar-refractivity contribution is -0.121. The molecule has 3 aromatic rings. The third kappa shape index (κ3) is 4.51. The monoisotopic (exact) mass is 404 g/mol. The molecule has 0 saturated heterocycles. The number of carbonyl (C=O) groups is 2. The van der Waals surface area contributed by atoms with Crippen molar-refractivity contribution in [3.05, 3.63) is 52.7 Å². The van der Waals surface area contributed by atoms with Crippen LogP contribution in [-0.2, 0) is 11.2 Å². The van der Waals surface area contributed by atoms with Crippen molar-refractivity contribution >= 4 is 27.7 Å². The Morgan fingerprint density at radius 2 is 2.16 bits per heavy atom. The number of H-pyrrole nitrogens is 1. The number of aromatic nitrogens is 4. The highest BCUT2D eigenvalue weighted by Gasteiger charge is 2.12. The summed E-state index contributed by atoms with van der Waals surface area (Å²) in [6.45, 7) is 0. The summed E-state index contributed by atoms with van der Waals surface area (Å²) in [6, 6.07) is 6.96. The number of hydrazine groups is 1. The average Bonchev–Trinajstić information content (AvgIpc) is 3.28. The van der Waals surface area contributed by atoms with Gasteiger partial charge in [0, 0.05) is 29.7 Å². The summed E-state index contributed by atoms with van der Waals surface area (Å²) in [5.41, 5.74) is 5.55. The second-order valence-electron chi connectivity index (χ2n) is 4.96. The van der Waals surface area contributed by atoms with Crippen LogP contribution in [-0.4, -0.2) is 31.9 Å². The fourth-order valence-corrected chi connectivity index (χ4v) is 2.27. The summed E-state index contributed by atoms with van der Waals surface area (Å²) in [6.07, 6.45) is 3.57. The Bertz CT molecular complexity index is 876. The highest BCUT2D eigenvalue weighted by atomic mass is 79.9. The predicted octanol–water partition coefficient (Wildman–Crippen LogP) is 1.62. The average molecular weight is 405 g/mol. The van der Waals surface area contributed by atoms with Crippen LogP contribution >= 0.6 is 15.9 Å². The van der Waals surface area contributed by atoms with Crippen molar-refractivity contribution in [3.63, 3.8) is 0 Å². The van der Waals surface area contributed by atoms with E-state index in [1.807, 2.05) is 6.07 Å². The van der Waals surface area contributed by atoms with Crippen molar-refractivity contribution in [3.8, 4) is 11.5 Å². The molecule has 0 saturated carbocycles. The smallest absolute Gasteiger partial charge is 0.286 e. The quantitative estimate of drug-likeness (QED) is 0.554. The van der Waals surface area contributed by atoms with Gasteiger partial charge in [-0.3, -0.25) is 25.4 Å². The lowest BCUT2D eigenvalue weighted by atomic mass is 10.3. The molecule has 9 nitrogen and oxygen atoms in total. The normalized spacial score (nSPS) is 10.4. The number of aromatic amines is 1. The molecule has 0 aliphatic carbocycles. The standard InChI is InChI=1S/C15H13BrN6O3/c16-9-7-11(18-8-9)15(24)21-20-12(23)4-5-13-19-14(22-25-13)10-3-1-2-6-17-10/h1-3,6-8,18H,4-5H2,(H,20,23)(H,21,24). The van der Waals surface area contributed by atoms with Crippen LogP contribution in [0.2, 0.25) is 0 Å². The van der Waals surface area contributed by atoms with E-state index in [-0.39, 0.29) is 18.7 Å². The van der Waals surface area contributed by atoms with E-state index >= 15 is 0 Å². The first-order valence-corrected chi connectivity index (χ1v) is 8.08. The van der Waals surface area contributed by atoms with Crippen molar-refractivity contribution in [2.75, 3.05) is 0 Å². The molecule has 3 heterocycles. The Hall–Kier alpha value is -3.01. The van der Waals surface area contributed by atoms with Crippen LogP contribution in [0.4, 0.5) is 0 Å². The lowest BCUT2D eigenvalue weighted by Crippen LogP contribution is -2.41. The summed E-state index contributed by atoms with van der Waals surface area (Å²) in [5.74, 6) is -0.150. The van der Waals surface area contributed by atoms with Crippen LogP contribution in [0.3, 0.4) is 0 Å². The Morgan fingerprint density at radius 3 is 2.88 bits per heavy atom. The van der Waals surface area contributed by atoms with Crippen LogP contribution in [0, 0.1) is 0 Å². The van der Waals surface area contributed by atoms with Crippen LogP contribution in [0.1, 0.15) is 22.8 Å². The number of rotatable bonds is 5. The fraction of sp³-hybridized carbons (Fsp3) is 0.133. The highest BCUT2D eigenvalue weighted by Crippen LogP contribution is 2.12. The molecular weight excluding hydrogens is 392 g/mol. The second kappa shape index (κ2) is 7.71. The van der Waals surface area contributed by atoms with Crippen molar-refractivity contribution in [1.82, 2.24) is 31.0 Å². The van der Waals surface area contributed by atoms with Crippen molar-refractivity contribution < 1.29 is 14.1 Å². The molecule has 0 bridgehead atoms. The van der Waals surface area contributed by atoms with E-state index in [9.17, 15) is 9.59 Å². The van der Waals surface area contributed by atoms with E-state index in [1.165, 1.54) is 0 Å². The zero-order valence-electron chi connectivity index (χ0n) is 12.8. The molecule has 128 valence electrons. The van der Waals surface area contributed by atoms with E-state index in [2.05, 4.69) is 46.9 Å². The number of halogens is 1. The maximum absolute atomic E-state index is 11.8. The molecule has 3 N–H and O–H groups in total. The van der Waals surface area contributed by atoms with E-state index in [4.69, 9.17) is 4.52 Å². The molecular formula is C15H13BrN6O3. The Kier molecular flexibility index (Phi) is 5.19. The van der Waals surface area contributed by atoms with Gasteiger partial charge in [0.2, 0.25) is 17.6 Å². The third-order valence-corrected chi connectivity index (χ3v) is 3.59.